The van der Waals surface area contributed by atoms with E-state index in [1.165, 1.54) is 12.8 Å². The first kappa shape index (κ1) is 13.3. The first-order chi connectivity index (χ1) is 6.55. The van der Waals surface area contributed by atoms with Crippen LogP contribution in [0.25, 0.3) is 0 Å². The smallest absolute Gasteiger partial charge is 0.345 e. The number of rotatable bonds is 3. The highest BCUT2D eigenvalue weighted by molar-refractivity contribution is 7.81. The van der Waals surface area contributed by atoms with Gasteiger partial charge >= 0.3 is 10.4 Å². The van der Waals surface area contributed by atoms with Crippen LogP contribution >= 0.6 is 0 Å². The van der Waals surface area contributed by atoms with Crippen molar-refractivity contribution in [1.82, 2.24) is 4.90 Å². The van der Waals surface area contributed by atoms with Crippen molar-refractivity contribution in [3.05, 3.63) is 0 Å². The van der Waals surface area contributed by atoms with E-state index in [0.717, 1.165) is 33.7 Å². The zero-order valence-electron chi connectivity index (χ0n) is 8.30. The Kier molecular flexibility index (Phi) is 6.43. The van der Waals surface area contributed by atoms with Gasteiger partial charge in [-0.2, -0.15) is 8.42 Å². The van der Waals surface area contributed by atoms with Crippen LogP contribution in [0.15, 0.2) is 0 Å². The molecule has 7 heteroatoms. The first-order valence-corrected chi connectivity index (χ1v) is 5.44. The van der Waals surface area contributed by atoms with Gasteiger partial charge in [-0.05, 0) is 12.8 Å². The van der Waals surface area contributed by atoms with Gasteiger partial charge in [-0.15, -0.1) is 0 Å². The minimum atomic E-state index is -3.66. The van der Waals surface area contributed by atoms with Crippen molar-refractivity contribution >= 4 is 16.8 Å². The van der Waals surface area contributed by atoms with Crippen LogP contribution in [0.5, 0.6) is 0 Å². The molecule has 1 amide bonds. The largest absolute Gasteiger partial charge is 0.399 e. The van der Waals surface area contributed by atoms with Gasteiger partial charge < -0.3 is 4.90 Å². The van der Waals surface area contributed by atoms with E-state index < -0.39 is 10.4 Å². The second-order valence-corrected chi connectivity index (χ2v) is 4.07. The summed E-state index contributed by atoms with van der Waals surface area (Å²) >= 11 is 0. The summed E-state index contributed by atoms with van der Waals surface area (Å²) in [5.41, 5.74) is 0. The highest BCUT2D eigenvalue weighted by Gasteiger charge is 2.06. The normalized spacial score (nSPS) is 16.0. The summed E-state index contributed by atoms with van der Waals surface area (Å²) in [6, 6.07) is 0. The van der Waals surface area contributed by atoms with Crippen LogP contribution in [-0.2, 0) is 23.6 Å². The van der Waals surface area contributed by atoms with Crippen molar-refractivity contribution in [2.75, 3.05) is 27.3 Å². The second-order valence-electron chi connectivity index (χ2n) is 2.59. The number of likely N-dealkylation sites (tertiary alicyclic amines) is 1. The van der Waals surface area contributed by atoms with Crippen molar-refractivity contribution < 1.29 is 21.6 Å². The third kappa shape index (κ3) is 5.90. The van der Waals surface area contributed by atoms with Crippen molar-refractivity contribution in [1.29, 1.82) is 0 Å². The fraction of sp³-hybridized carbons (Fsp3) is 0.857. The second kappa shape index (κ2) is 6.74. The van der Waals surface area contributed by atoms with Crippen molar-refractivity contribution in [3.8, 4) is 0 Å². The van der Waals surface area contributed by atoms with Crippen molar-refractivity contribution in [2.24, 2.45) is 0 Å². The van der Waals surface area contributed by atoms with Crippen LogP contribution in [0, 0.1) is 0 Å². The van der Waals surface area contributed by atoms with E-state index >= 15 is 0 Å². The molecule has 14 heavy (non-hydrogen) atoms. The average Bonchev–Trinajstić information content (AvgIpc) is 2.71. The van der Waals surface area contributed by atoms with Crippen molar-refractivity contribution in [3.63, 3.8) is 0 Å². The third-order valence-electron chi connectivity index (χ3n) is 1.70. The zero-order valence-corrected chi connectivity index (χ0v) is 9.12. The van der Waals surface area contributed by atoms with E-state index in [-0.39, 0.29) is 0 Å². The Morgan fingerprint density at radius 1 is 1.14 bits per heavy atom. The van der Waals surface area contributed by atoms with Gasteiger partial charge in [-0.25, -0.2) is 0 Å². The summed E-state index contributed by atoms with van der Waals surface area (Å²) in [7, 11) is -1.60. The fourth-order valence-electron chi connectivity index (χ4n) is 0.915. The highest BCUT2D eigenvalue weighted by atomic mass is 32.3. The molecule has 1 rings (SSSR count). The summed E-state index contributed by atoms with van der Waals surface area (Å²) < 4.78 is 27.5. The summed E-state index contributed by atoms with van der Waals surface area (Å²) in [6.45, 7) is 1.95. The topological polar surface area (TPSA) is 72.9 Å². The van der Waals surface area contributed by atoms with Crippen LogP contribution in [-0.4, -0.2) is 47.0 Å². The van der Waals surface area contributed by atoms with E-state index in [4.69, 9.17) is 0 Å². The van der Waals surface area contributed by atoms with E-state index in [2.05, 4.69) is 8.37 Å². The molecule has 0 N–H and O–H groups in total. The molecular formula is C7H15NO5S. The van der Waals surface area contributed by atoms with Crippen LogP contribution in [0.2, 0.25) is 0 Å². The highest BCUT2D eigenvalue weighted by Crippen LogP contribution is 2.02. The summed E-state index contributed by atoms with van der Waals surface area (Å²) in [5.74, 6) is 0. The lowest BCUT2D eigenvalue weighted by Gasteiger charge is -2.03. The number of carbonyl (C=O) groups is 1. The maximum absolute atomic E-state index is 9.93. The lowest BCUT2D eigenvalue weighted by molar-refractivity contribution is -0.117. The van der Waals surface area contributed by atoms with Crippen LogP contribution in [0.1, 0.15) is 12.8 Å². The Morgan fingerprint density at radius 2 is 1.57 bits per heavy atom. The lowest BCUT2D eigenvalue weighted by atomic mass is 10.4. The monoisotopic (exact) mass is 225 g/mol. The fourth-order valence-corrected chi connectivity index (χ4v) is 1.05. The van der Waals surface area contributed by atoms with Crippen LogP contribution in [0.4, 0.5) is 0 Å². The maximum Gasteiger partial charge on any atom is 0.399 e. The molecule has 0 atom stereocenters. The molecule has 0 saturated carbocycles. The van der Waals surface area contributed by atoms with Gasteiger partial charge in [-0.1, -0.05) is 0 Å². The zero-order chi connectivity index (χ0) is 11.0. The lowest BCUT2D eigenvalue weighted by Crippen LogP contribution is -2.15. The van der Waals surface area contributed by atoms with Gasteiger partial charge in [0.05, 0.1) is 14.2 Å². The SMILES string of the molecule is COS(=O)(=O)OC.O=CN1CCCC1. The van der Waals surface area contributed by atoms with Gasteiger partial charge in [0, 0.05) is 13.1 Å². The number of hydrogen-bond acceptors (Lipinski definition) is 5. The molecule has 0 unspecified atom stereocenters. The molecule has 1 aliphatic heterocycles. The predicted octanol–water partition coefficient (Wildman–Crippen LogP) is -0.237. The van der Waals surface area contributed by atoms with Gasteiger partial charge in [0.1, 0.15) is 0 Å². The molecule has 84 valence electrons. The number of nitrogens with zero attached hydrogens (tertiary/aromatic N) is 1. The Balaban J connectivity index is 0.000000241. The minimum Gasteiger partial charge on any atom is -0.345 e. The van der Waals surface area contributed by atoms with E-state index in [1.807, 2.05) is 0 Å². The molecule has 0 spiro atoms. The van der Waals surface area contributed by atoms with Gasteiger partial charge in [0.25, 0.3) is 0 Å². The Morgan fingerprint density at radius 3 is 1.71 bits per heavy atom. The summed E-state index contributed by atoms with van der Waals surface area (Å²) in [4.78, 5) is 11.7. The van der Waals surface area contributed by atoms with Gasteiger partial charge in [-0.3, -0.25) is 13.2 Å². The third-order valence-corrected chi connectivity index (χ3v) is 2.51. The minimum absolute atomic E-state index is 0.924. The molecule has 1 saturated heterocycles. The summed E-state index contributed by atoms with van der Waals surface area (Å²) in [6.07, 6.45) is 3.31. The molecule has 1 heterocycles. The Hall–Kier alpha value is -0.660. The number of hydrogen-bond donors (Lipinski definition) is 0. The molecule has 0 radical (unpaired) electrons. The van der Waals surface area contributed by atoms with E-state index in [0.29, 0.717) is 0 Å². The molecular weight excluding hydrogens is 210 g/mol. The van der Waals surface area contributed by atoms with Crippen molar-refractivity contribution in [2.45, 2.75) is 12.8 Å². The molecule has 0 aliphatic carbocycles. The number of amides is 1. The molecule has 1 aliphatic rings. The van der Waals surface area contributed by atoms with Crippen LogP contribution < -0.4 is 0 Å². The van der Waals surface area contributed by atoms with Gasteiger partial charge in [0.2, 0.25) is 6.41 Å². The number of carbonyl (C=O) groups excluding carboxylic acids is 1. The standard InChI is InChI=1S/C5H9NO.C2H6O4S/c7-5-6-3-1-2-4-6;1-5-7(3,4)6-2/h5H,1-4H2;1-2H3. The molecule has 0 aromatic rings. The molecule has 0 aromatic carbocycles. The van der Waals surface area contributed by atoms with E-state index in [1.54, 1.807) is 4.90 Å². The van der Waals surface area contributed by atoms with E-state index in [9.17, 15) is 13.2 Å². The summed E-state index contributed by atoms with van der Waals surface area (Å²) in [5, 5.41) is 0. The average molecular weight is 225 g/mol. The Labute approximate surface area is 84.1 Å². The quantitative estimate of drug-likeness (QED) is 0.620. The molecule has 0 aromatic heterocycles. The maximum atomic E-state index is 9.93. The molecule has 0 bridgehead atoms. The van der Waals surface area contributed by atoms with Gasteiger partial charge in [0.15, 0.2) is 0 Å². The molecule has 6 nitrogen and oxygen atoms in total. The van der Waals surface area contributed by atoms with Crippen LogP contribution in [0.3, 0.4) is 0 Å². The first-order valence-electron chi connectivity index (χ1n) is 4.11. The molecule has 1 fully saturated rings. The Bertz CT molecular complexity index is 235. The predicted molar refractivity (Wildman–Crippen MR) is 49.8 cm³/mol.